The summed E-state index contributed by atoms with van der Waals surface area (Å²) >= 11 is 0. The van der Waals surface area contributed by atoms with E-state index >= 15 is 0 Å². The number of hydrogen-bond acceptors (Lipinski definition) is 0. The second kappa shape index (κ2) is 10.7. The highest BCUT2D eigenvalue weighted by molar-refractivity contribution is 6.25. The Morgan fingerprint density at radius 3 is 1.65 bits per heavy atom. The van der Waals surface area contributed by atoms with Gasteiger partial charge in [0, 0.05) is 16.2 Å². The van der Waals surface area contributed by atoms with E-state index in [9.17, 15) is 0 Å². The highest BCUT2D eigenvalue weighted by atomic mass is 15.0. The zero-order valence-electron chi connectivity index (χ0n) is 26.4. The maximum absolute atomic E-state index is 2.46. The molecule has 0 fully saturated rings. The Morgan fingerprint density at radius 2 is 0.896 bits per heavy atom. The van der Waals surface area contributed by atoms with Gasteiger partial charge in [-0.15, -0.1) is 0 Å². The summed E-state index contributed by atoms with van der Waals surface area (Å²) in [5, 5.41) is 10.4. The molecule has 9 aromatic carbocycles. The molecule has 0 saturated heterocycles. The van der Waals surface area contributed by atoms with Crippen LogP contribution in [0.2, 0.25) is 0 Å². The predicted octanol–water partition coefficient (Wildman–Crippen LogP) is 12.6. The first kappa shape index (κ1) is 27.0. The minimum atomic E-state index is 0.918. The third-order valence-electron chi connectivity index (χ3n) is 10.2. The van der Waals surface area contributed by atoms with Gasteiger partial charge in [-0.3, -0.25) is 0 Å². The van der Waals surface area contributed by atoms with E-state index in [1.807, 2.05) is 0 Å². The van der Waals surface area contributed by atoms with Gasteiger partial charge in [-0.25, -0.2) is 0 Å². The van der Waals surface area contributed by atoms with Crippen molar-refractivity contribution in [2.24, 2.45) is 0 Å². The fourth-order valence-corrected chi connectivity index (χ4v) is 7.82. The Labute approximate surface area is 279 Å². The van der Waals surface area contributed by atoms with E-state index in [-0.39, 0.29) is 0 Å². The molecule has 1 aromatic heterocycles. The van der Waals surface area contributed by atoms with Crippen LogP contribution >= 0.6 is 0 Å². The van der Waals surface area contributed by atoms with Crippen molar-refractivity contribution in [3.8, 4) is 27.9 Å². The van der Waals surface area contributed by atoms with Crippen molar-refractivity contribution in [3.63, 3.8) is 0 Å². The maximum atomic E-state index is 2.46. The Kier molecular flexibility index (Phi) is 6.01. The molecule has 0 amide bonds. The summed E-state index contributed by atoms with van der Waals surface area (Å²) in [6, 6.07) is 64.7. The molecule has 48 heavy (non-hydrogen) atoms. The number of nitrogens with zero attached hydrogens (tertiary/aromatic N) is 1. The number of rotatable bonds is 5. The molecule has 1 heteroatoms. The molecule has 0 N–H and O–H groups in total. The number of fused-ring (bicyclic) bond motifs is 3. The van der Waals surface area contributed by atoms with E-state index in [2.05, 4.69) is 180 Å². The fraction of sp³-hybridized carbons (Fsp3) is 0.0213. The highest BCUT2D eigenvalue weighted by Gasteiger charge is 2.17. The topological polar surface area (TPSA) is 4.93 Å². The summed E-state index contributed by atoms with van der Waals surface area (Å²) in [6.45, 7) is 0. The first-order chi connectivity index (χ1) is 23.8. The van der Waals surface area contributed by atoms with Gasteiger partial charge in [-0.2, -0.15) is 0 Å². The van der Waals surface area contributed by atoms with Crippen molar-refractivity contribution in [1.82, 2.24) is 4.57 Å². The third kappa shape index (κ3) is 4.25. The lowest BCUT2D eigenvalue weighted by atomic mass is 9.93. The highest BCUT2D eigenvalue weighted by Crippen LogP contribution is 2.41. The molecule has 0 bridgehead atoms. The Balaban J connectivity index is 1.03. The molecular formula is C47H31N. The SMILES string of the molecule is c1ccc(-c2ccc(Cc3ccc(-c4ccc5c(c4)c4ccccc4n5-c4ccc5ccc6cccc7ccc4c5c67)cc3)cc2)cc1. The molecule has 0 saturated carbocycles. The number of para-hydroxylation sites is 1. The standard InChI is InChI=1S/C47H31N/c1-2-7-33(8-3-1)34-17-13-31(14-18-34)29-32-15-19-35(20-16-32)39-25-28-45-42(30-39)40-11-4-5-12-43(40)48(45)44-27-24-38-22-21-36-9-6-10-37-23-26-41(44)47(38)46(36)37/h1-28,30H,29H2. The summed E-state index contributed by atoms with van der Waals surface area (Å²) < 4.78 is 2.46. The molecule has 0 radical (unpaired) electrons. The van der Waals surface area contributed by atoms with Crippen LogP contribution in [0.25, 0.3) is 82.1 Å². The van der Waals surface area contributed by atoms with Gasteiger partial charge in [0.25, 0.3) is 0 Å². The van der Waals surface area contributed by atoms with E-state index in [1.54, 1.807) is 0 Å². The van der Waals surface area contributed by atoms with Gasteiger partial charge in [-0.1, -0.05) is 152 Å². The van der Waals surface area contributed by atoms with Crippen molar-refractivity contribution in [1.29, 1.82) is 0 Å². The second-order valence-electron chi connectivity index (χ2n) is 13.0. The molecule has 224 valence electrons. The van der Waals surface area contributed by atoms with Crippen LogP contribution in [0.1, 0.15) is 11.1 Å². The fourth-order valence-electron chi connectivity index (χ4n) is 7.82. The molecule has 0 aliphatic rings. The van der Waals surface area contributed by atoms with Crippen LogP contribution in [-0.4, -0.2) is 4.57 Å². The van der Waals surface area contributed by atoms with Gasteiger partial charge in [-0.05, 0) is 91.0 Å². The quantitative estimate of drug-likeness (QED) is 0.171. The molecule has 1 nitrogen and oxygen atoms in total. The van der Waals surface area contributed by atoms with Crippen LogP contribution in [0.4, 0.5) is 0 Å². The summed E-state index contributed by atoms with van der Waals surface area (Å²) in [6.07, 6.45) is 0.918. The maximum Gasteiger partial charge on any atom is 0.0541 e. The lowest BCUT2D eigenvalue weighted by Gasteiger charge is -2.16. The molecule has 10 aromatic rings. The second-order valence-corrected chi connectivity index (χ2v) is 13.0. The van der Waals surface area contributed by atoms with Gasteiger partial charge in [0.15, 0.2) is 0 Å². The first-order valence-electron chi connectivity index (χ1n) is 16.7. The largest absolute Gasteiger partial charge is 0.309 e. The minimum absolute atomic E-state index is 0.918. The van der Waals surface area contributed by atoms with Crippen molar-refractivity contribution in [2.75, 3.05) is 0 Å². The third-order valence-corrected chi connectivity index (χ3v) is 10.2. The van der Waals surface area contributed by atoms with Crippen molar-refractivity contribution < 1.29 is 0 Å². The molecule has 10 rings (SSSR count). The van der Waals surface area contributed by atoms with E-state index in [0.29, 0.717) is 0 Å². The van der Waals surface area contributed by atoms with Crippen molar-refractivity contribution in [3.05, 3.63) is 187 Å². The predicted molar refractivity (Wildman–Crippen MR) is 205 cm³/mol. The average Bonchev–Trinajstić information content (AvgIpc) is 3.48. The van der Waals surface area contributed by atoms with Gasteiger partial charge in [0.2, 0.25) is 0 Å². The molecule has 0 aliphatic heterocycles. The molecular weight excluding hydrogens is 579 g/mol. The van der Waals surface area contributed by atoms with E-state index in [1.165, 1.54) is 93.2 Å². The lowest BCUT2D eigenvalue weighted by molar-refractivity contribution is 1.19. The number of benzene rings is 9. The first-order valence-corrected chi connectivity index (χ1v) is 16.7. The average molecular weight is 610 g/mol. The molecule has 0 spiro atoms. The van der Waals surface area contributed by atoms with Crippen LogP contribution in [0.3, 0.4) is 0 Å². The molecule has 0 aliphatic carbocycles. The Bertz CT molecular complexity index is 2750. The number of aromatic nitrogens is 1. The van der Waals surface area contributed by atoms with Gasteiger partial charge in [0.1, 0.15) is 0 Å². The molecule has 0 atom stereocenters. The van der Waals surface area contributed by atoms with Crippen LogP contribution in [0, 0.1) is 0 Å². The van der Waals surface area contributed by atoms with Gasteiger partial charge < -0.3 is 4.57 Å². The van der Waals surface area contributed by atoms with Crippen LogP contribution in [0.5, 0.6) is 0 Å². The van der Waals surface area contributed by atoms with Crippen LogP contribution < -0.4 is 0 Å². The minimum Gasteiger partial charge on any atom is -0.309 e. The smallest absolute Gasteiger partial charge is 0.0541 e. The number of hydrogen-bond donors (Lipinski definition) is 0. The van der Waals surface area contributed by atoms with Crippen molar-refractivity contribution in [2.45, 2.75) is 6.42 Å². The monoisotopic (exact) mass is 609 g/mol. The zero-order chi connectivity index (χ0) is 31.6. The summed E-state index contributed by atoms with van der Waals surface area (Å²) in [5.41, 5.74) is 11.3. The summed E-state index contributed by atoms with van der Waals surface area (Å²) in [5.74, 6) is 0. The van der Waals surface area contributed by atoms with Crippen LogP contribution in [-0.2, 0) is 6.42 Å². The van der Waals surface area contributed by atoms with Gasteiger partial charge in [0.05, 0.1) is 16.7 Å². The normalized spacial score (nSPS) is 11.8. The van der Waals surface area contributed by atoms with Crippen LogP contribution in [0.15, 0.2) is 176 Å². The lowest BCUT2D eigenvalue weighted by Crippen LogP contribution is -1.96. The van der Waals surface area contributed by atoms with Crippen molar-refractivity contribution >= 4 is 54.1 Å². The molecule has 1 heterocycles. The summed E-state index contributed by atoms with van der Waals surface area (Å²) in [4.78, 5) is 0. The van der Waals surface area contributed by atoms with E-state index in [0.717, 1.165) is 6.42 Å². The molecule has 0 unspecified atom stereocenters. The van der Waals surface area contributed by atoms with E-state index in [4.69, 9.17) is 0 Å². The van der Waals surface area contributed by atoms with Gasteiger partial charge >= 0.3 is 0 Å². The van der Waals surface area contributed by atoms with E-state index < -0.39 is 0 Å². The summed E-state index contributed by atoms with van der Waals surface area (Å²) in [7, 11) is 0. The Morgan fingerprint density at radius 1 is 0.333 bits per heavy atom. The Hall–Kier alpha value is -6.18. The zero-order valence-corrected chi connectivity index (χ0v) is 26.4.